The van der Waals surface area contributed by atoms with Crippen molar-refractivity contribution in [3.63, 3.8) is 0 Å². The highest BCUT2D eigenvalue weighted by atomic mass is 16.5. The number of likely N-dealkylation sites (N-methyl/N-ethyl adjacent to an activating group) is 1. The summed E-state index contributed by atoms with van der Waals surface area (Å²) in [5.74, 6) is 0.0766. The molecule has 0 spiro atoms. The number of aryl methyl sites for hydroxylation is 2. The molecule has 11 heteroatoms. The van der Waals surface area contributed by atoms with Crippen molar-refractivity contribution in [2.75, 3.05) is 24.3 Å². The normalized spacial score (nSPS) is 21.6. The largest absolute Gasteiger partial charge is 0.490 e. The van der Waals surface area contributed by atoms with Gasteiger partial charge in [-0.1, -0.05) is 0 Å². The van der Waals surface area contributed by atoms with Gasteiger partial charge in [0.05, 0.1) is 35.5 Å². The number of carbonyl (C=O) groups is 3. The highest BCUT2D eigenvalue weighted by Crippen LogP contribution is 2.32. The molecular weight excluding hydrogens is 464 g/mol. The predicted octanol–water partition coefficient (Wildman–Crippen LogP) is 2.67. The number of hydrogen-bond acceptors (Lipinski definition) is 6. The minimum Gasteiger partial charge on any atom is -0.490 e. The van der Waals surface area contributed by atoms with Crippen molar-refractivity contribution in [2.45, 2.75) is 64.3 Å². The first-order valence-electron chi connectivity index (χ1n) is 12.2. The average Bonchev–Trinajstić information content (AvgIpc) is 3.12. The summed E-state index contributed by atoms with van der Waals surface area (Å²) in [4.78, 5) is 39.7. The molecule has 36 heavy (non-hydrogen) atoms. The van der Waals surface area contributed by atoms with Crippen molar-refractivity contribution in [1.82, 2.24) is 20.0 Å². The van der Waals surface area contributed by atoms with Gasteiger partial charge in [-0.25, -0.2) is 4.79 Å². The van der Waals surface area contributed by atoms with Crippen LogP contribution >= 0.6 is 0 Å². The van der Waals surface area contributed by atoms with Gasteiger partial charge in [0.1, 0.15) is 18.5 Å². The second kappa shape index (κ2) is 10.6. The summed E-state index contributed by atoms with van der Waals surface area (Å²) >= 11 is 0. The fourth-order valence-corrected chi connectivity index (χ4v) is 4.67. The number of amides is 4. The highest BCUT2D eigenvalue weighted by Gasteiger charge is 2.39. The van der Waals surface area contributed by atoms with Crippen LogP contribution < -0.4 is 20.7 Å². The minimum absolute atomic E-state index is 0.0111. The Balaban J connectivity index is 1.42. The van der Waals surface area contributed by atoms with Gasteiger partial charge in [-0.2, -0.15) is 5.10 Å². The molecule has 11 nitrogen and oxygen atoms in total. The Morgan fingerprint density at radius 3 is 2.67 bits per heavy atom. The van der Waals surface area contributed by atoms with E-state index in [9.17, 15) is 14.4 Å². The maximum Gasteiger partial charge on any atom is 0.319 e. The molecule has 4 amide bonds. The molecule has 3 atom stereocenters. The molecule has 0 aliphatic carbocycles. The molecule has 2 aliphatic heterocycles. The summed E-state index contributed by atoms with van der Waals surface area (Å²) in [5, 5.41) is 12.7. The van der Waals surface area contributed by atoms with E-state index in [-0.39, 0.29) is 55.2 Å². The number of urea groups is 1. The Morgan fingerprint density at radius 1 is 1.19 bits per heavy atom. The number of hydrogen-bond donors (Lipinski definition) is 3. The predicted molar refractivity (Wildman–Crippen MR) is 134 cm³/mol. The quantitative estimate of drug-likeness (QED) is 0.582. The molecule has 0 saturated carbocycles. The molecule has 2 aromatic rings. The van der Waals surface area contributed by atoms with Gasteiger partial charge in [0.15, 0.2) is 0 Å². The van der Waals surface area contributed by atoms with E-state index in [1.807, 2.05) is 20.8 Å². The summed E-state index contributed by atoms with van der Waals surface area (Å²) in [6.07, 6.45) is 2.66. The molecule has 1 fully saturated rings. The molecule has 1 saturated heterocycles. The summed E-state index contributed by atoms with van der Waals surface area (Å²) in [6, 6.07) is 4.46. The zero-order chi connectivity index (χ0) is 26.0. The summed E-state index contributed by atoms with van der Waals surface area (Å²) < 4.78 is 13.9. The third kappa shape index (κ3) is 5.78. The van der Waals surface area contributed by atoms with Gasteiger partial charge in [0.2, 0.25) is 5.91 Å². The van der Waals surface area contributed by atoms with Crippen molar-refractivity contribution in [3.05, 3.63) is 35.7 Å². The lowest BCUT2D eigenvalue weighted by Crippen LogP contribution is -2.53. The zero-order valence-corrected chi connectivity index (χ0v) is 21.3. The lowest BCUT2D eigenvalue weighted by molar-refractivity contribution is -0.130. The van der Waals surface area contributed by atoms with E-state index in [1.165, 1.54) is 0 Å². The Bertz CT molecular complexity index is 1150. The van der Waals surface area contributed by atoms with Gasteiger partial charge in [-0.05, 0) is 51.8 Å². The number of anilines is 2. The van der Waals surface area contributed by atoms with Crippen LogP contribution in [0, 0.1) is 6.92 Å². The fraction of sp³-hybridized carbons (Fsp3) is 0.520. The number of benzene rings is 1. The van der Waals surface area contributed by atoms with E-state index in [0.717, 1.165) is 5.69 Å². The maximum absolute atomic E-state index is 13.3. The van der Waals surface area contributed by atoms with Crippen LogP contribution in [0.3, 0.4) is 0 Å². The standard InChI is InChI=1S/C25H34N6O5/c1-14(2)26-25(34)27-16-6-9-21-18(10-16)24(33)31(5)20-8-7-17(36-22(20)13-35-21)11-23(32)28-19-12-30(4)29-15(19)3/h6,9-10,12,14,17,20,22H,7-8,11,13H2,1-5H3,(H,28,32)(H2,26,27,34)/t17-,20-,22-/m1/s1. The van der Waals surface area contributed by atoms with Crippen LogP contribution in [0.4, 0.5) is 16.2 Å². The molecule has 1 aromatic heterocycles. The van der Waals surface area contributed by atoms with Gasteiger partial charge in [-0.15, -0.1) is 0 Å². The van der Waals surface area contributed by atoms with Gasteiger partial charge in [0, 0.05) is 32.0 Å². The van der Waals surface area contributed by atoms with Gasteiger partial charge in [-0.3, -0.25) is 14.3 Å². The first kappa shape index (κ1) is 25.5. The number of ether oxygens (including phenoxy) is 2. The molecule has 3 heterocycles. The maximum atomic E-state index is 13.3. The van der Waals surface area contributed by atoms with E-state index in [2.05, 4.69) is 21.0 Å². The lowest BCUT2D eigenvalue weighted by atomic mass is 9.94. The van der Waals surface area contributed by atoms with Gasteiger partial charge in [0.25, 0.3) is 5.91 Å². The number of nitrogens with zero attached hydrogens (tertiary/aromatic N) is 3. The van der Waals surface area contributed by atoms with Crippen molar-refractivity contribution < 1.29 is 23.9 Å². The van der Waals surface area contributed by atoms with E-state index in [1.54, 1.807) is 48.1 Å². The molecule has 2 aliphatic rings. The highest BCUT2D eigenvalue weighted by molar-refractivity contribution is 5.99. The molecule has 4 rings (SSSR count). The summed E-state index contributed by atoms with van der Waals surface area (Å²) in [6.45, 7) is 5.82. The van der Waals surface area contributed by atoms with E-state index < -0.39 is 0 Å². The molecule has 1 aromatic carbocycles. The van der Waals surface area contributed by atoms with E-state index >= 15 is 0 Å². The first-order valence-corrected chi connectivity index (χ1v) is 12.2. The molecule has 0 bridgehead atoms. The minimum atomic E-state index is -0.367. The van der Waals surface area contributed by atoms with Crippen molar-refractivity contribution >= 4 is 29.2 Å². The van der Waals surface area contributed by atoms with E-state index in [4.69, 9.17) is 9.47 Å². The van der Waals surface area contributed by atoms with Crippen LogP contribution in [0.2, 0.25) is 0 Å². The molecular formula is C25H34N6O5. The van der Waals surface area contributed by atoms with Crippen molar-refractivity contribution in [2.24, 2.45) is 7.05 Å². The monoisotopic (exact) mass is 498 g/mol. The van der Waals surface area contributed by atoms with Gasteiger partial charge >= 0.3 is 6.03 Å². The SMILES string of the molecule is Cc1nn(C)cc1NC(=O)C[C@H]1CC[C@@H]2[C@@H](COc3ccc(NC(=O)NC(C)C)cc3C(=O)N2C)O1. The van der Waals surface area contributed by atoms with Crippen molar-refractivity contribution in [3.8, 4) is 5.75 Å². The van der Waals surface area contributed by atoms with Crippen LogP contribution in [-0.2, 0) is 16.6 Å². The number of aromatic nitrogens is 2. The Morgan fingerprint density at radius 2 is 1.97 bits per heavy atom. The van der Waals surface area contributed by atoms with E-state index in [0.29, 0.717) is 35.5 Å². The second-order valence-corrected chi connectivity index (χ2v) is 9.69. The Labute approximate surface area is 210 Å². The molecule has 0 unspecified atom stereocenters. The average molecular weight is 499 g/mol. The lowest BCUT2D eigenvalue weighted by Gasteiger charge is -2.42. The summed E-state index contributed by atoms with van der Waals surface area (Å²) in [7, 11) is 3.56. The second-order valence-electron chi connectivity index (χ2n) is 9.69. The Kier molecular flexibility index (Phi) is 7.48. The van der Waals surface area contributed by atoms with Crippen LogP contribution in [0.25, 0.3) is 0 Å². The number of nitrogens with one attached hydrogen (secondary N) is 3. The first-order chi connectivity index (χ1) is 17.1. The molecule has 0 radical (unpaired) electrons. The smallest absolute Gasteiger partial charge is 0.319 e. The van der Waals surface area contributed by atoms with Crippen LogP contribution in [0.15, 0.2) is 24.4 Å². The van der Waals surface area contributed by atoms with Crippen LogP contribution in [0.1, 0.15) is 49.2 Å². The zero-order valence-electron chi connectivity index (χ0n) is 21.3. The number of carbonyl (C=O) groups excluding carboxylic acids is 3. The fourth-order valence-electron chi connectivity index (χ4n) is 4.67. The Hall–Kier alpha value is -3.60. The third-order valence-corrected chi connectivity index (χ3v) is 6.39. The van der Waals surface area contributed by atoms with Gasteiger partial charge < -0.3 is 30.3 Å². The van der Waals surface area contributed by atoms with Crippen LogP contribution in [-0.4, -0.2) is 70.5 Å². The topological polar surface area (TPSA) is 127 Å². The third-order valence-electron chi connectivity index (χ3n) is 6.39. The molecule has 194 valence electrons. The number of rotatable bonds is 5. The van der Waals surface area contributed by atoms with Crippen molar-refractivity contribution in [1.29, 1.82) is 0 Å². The summed E-state index contributed by atoms with van der Waals surface area (Å²) in [5.41, 5.74) is 2.32. The van der Waals surface area contributed by atoms with Crippen LogP contribution in [0.5, 0.6) is 5.75 Å². The molecule has 3 N–H and O–H groups in total. The number of fused-ring (bicyclic) bond motifs is 2.